The Morgan fingerprint density at radius 2 is 1.72 bits per heavy atom. The predicted molar refractivity (Wildman–Crippen MR) is 96.0 cm³/mol. The summed E-state index contributed by atoms with van der Waals surface area (Å²) in [6.45, 7) is 3.78. The average Bonchev–Trinajstić information content (AvgIpc) is 3.01. The lowest BCUT2D eigenvalue weighted by Crippen LogP contribution is -2.21. The third-order valence-electron chi connectivity index (χ3n) is 4.62. The summed E-state index contributed by atoms with van der Waals surface area (Å²) < 4.78 is 0. The van der Waals surface area contributed by atoms with Crippen LogP contribution in [0.5, 0.6) is 0 Å². The fourth-order valence-corrected chi connectivity index (χ4v) is 3.50. The van der Waals surface area contributed by atoms with Crippen LogP contribution in [0, 0.1) is 0 Å². The molecule has 1 N–H and O–H groups in total. The van der Waals surface area contributed by atoms with E-state index in [1.165, 1.54) is 0 Å². The molecule has 0 amide bonds. The quantitative estimate of drug-likeness (QED) is 0.623. The first-order valence-corrected chi connectivity index (χ1v) is 8.48. The summed E-state index contributed by atoms with van der Waals surface area (Å²) in [6.07, 6.45) is 1.07. The van der Waals surface area contributed by atoms with Crippen molar-refractivity contribution >= 4 is 22.6 Å². The monoisotopic (exact) mass is 333 g/mol. The molecule has 25 heavy (non-hydrogen) atoms. The number of rotatable bonds is 4. The molecule has 0 bridgehead atoms. The number of carbonyl (C=O) groups excluding carboxylic acids is 2. The summed E-state index contributed by atoms with van der Waals surface area (Å²) in [5.74, 6) is 0.564. The van der Waals surface area contributed by atoms with E-state index in [0.29, 0.717) is 34.3 Å². The van der Waals surface area contributed by atoms with E-state index in [1.807, 2.05) is 13.1 Å². The number of ketones is 2. The Morgan fingerprint density at radius 1 is 1.00 bits per heavy atom. The Bertz CT molecular complexity index is 1000. The number of fused-ring (bicyclic) bond motifs is 4. The highest BCUT2D eigenvalue weighted by Gasteiger charge is 2.31. The molecule has 1 aliphatic carbocycles. The number of H-pyrrole nitrogens is 1. The number of nitrogens with one attached hydrogen (secondary N) is 1. The molecule has 126 valence electrons. The number of imidazole rings is 1. The molecule has 0 atom stereocenters. The van der Waals surface area contributed by atoms with Crippen LogP contribution in [0.1, 0.15) is 51.0 Å². The van der Waals surface area contributed by atoms with Crippen LogP contribution in [0.4, 0.5) is 0 Å². The van der Waals surface area contributed by atoms with Gasteiger partial charge in [-0.3, -0.25) is 14.5 Å². The standard InChI is InChI=1S/C20H19N3O2/c1-3-10-23(2)11-16-21-15-9-8-14-17(18(15)22-16)20(25)13-7-5-4-6-12(13)19(14)24/h4-9H,3,10-11H2,1-2H3,(H,21,22). The summed E-state index contributed by atoms with van der Waals surface area (Å²) in [6, 6.07) is 10.5. The van der Waals surface area contributed by atoms with Gasteiger partial charge in [0.25, 0.3) is 0 Å². The first kappa shape index (κ1) is 15.7. The molecule has 0 saturated carbocycles. The van der Waals surface area contributed by atoms with Crippen LogP contribution in [-0.2, 0) is 6.54 Å². The van der Waals surface area contributed by atoms with Gasteiger partial charge in [-0.2, -0.15) is 0 Å². The van der Waals surface area contributed by atoms with E-state index >= 15 is 0 Å². The van der Waals surface area contributed by atoms with Crippen molar-refractivity contribution in [2.75, 3.05) is 13.6 Å². The Kier molecular flexibility index (Phi) is 3.73. The minimum atomic E-state index is -0.129. The summed E-state index contributed by atoms with van der Waals surface area (Å²) in [5, 5.41) is 0. The number of aromatic amines is 1. The summed E-state index contributed by atoms with van der Waals surface area (Å²) in [7, 11) is 2.04. The first-order chi connectivity index (χ1) is 12.1. The Hall–Kier alpha value is -2.79. The predicted octanol–water partition coefficient (Wildman–Crippen LogP) is 3.18. The third kappa shape index (κ3) is 2.48. The van der Waals surface area contributed by atoms with Gasteiger partial charge in [0.05, 0.1) is 17.6 Å². The lowest BCUT2D eigenvalue weighted by molar-refractivity contribution is 0.0980. The van der Waals surface area contributed by atoms with Gasteiger partial charge in [-0.25, -0.2) is 4.98 Å². The lowest BCUT2D eigenvalue weighted by Gasteiger charge is -2.17. The minimum Gasteiger partial charge on any atom is -0.341 e. The molecule has 0 radical (unpaired) electrons. The van der Waals surface area contributed by atoms with E-state index < -0.39 is 0 Å². The zero-order valence-corrected chi connectivity index (χ0v) is 14.3. The zero-order chi connectivity index (χ0) is 17.6. The zero-order valence-electron chi connectivity index (χ0n) is 14.3. The van der Waals surface area contributed by atoms with Gasteiger partial charge in [0.15, 0.2) is 11.6 Å². The third-order valence-corrected chi connectivity index (χ3v) is 4.62. The number of hydrogen-bond acceptors (Lipinski definition) is 4. The van der Waals surface area contributed by atoms with Gasteiger partial charge >= 0.3 is 0 Å². The first-order valence-electron chi connectivity index (χ1n) is 8.48. The fourth-order valence-electron chi connectivity index (χ4n) is 3.50. The second kappa shape index (κ2) is 5.93. The van der Waals surface area contributed by atoms with Gasteiger partial charge in [0.1, 0.15) is 11.3 Å². The molecule has 3 aromatic rings. The number of aromatic nitrogens is 2. The number of hydrogen-bond donors (Lipinski definition) is 1. The molecule has 1 heterocycles. The van der Waals surface area contributed by atoms with Gasteiger partial charge < -0.3 is 4.98 Å². The Labute approximate surface area is 145 Å². The van der Waals surface area contributed by atoms with Gasteiger partial charge in [0, 0.05) is 16.7 Å². The Balaban J connectivity index is 1.84. The molecule has 0 fully saturated rings. The van der Waals surface area contributed by atoms with Crippen LogP contribution in [0.15, 0.2) is 36.4 Å². The SMILES string of the molecule is CCCN(C)Cc1nc2c3c(ccc2[nH]1)C(=O)c1ccccc1C3=O. The average molecular weight is 333 g/mol. The number of nitrogens with zero attached hydrogens (tertiary/aromatic N) is 2. The van der Waals surface area contributed by atoms with E-state index in [4.69, 9.17) is 0 Å². The van der Waals surface area contributed by atoms with Crippen molar-refractivity contribution in [3.05, 3.63) is 64.5 Å². The highest BCUT2D eigenvalue weighted by molar-refractivity contribution is 6.31. The minimum absolute atomic E-state index is 0.111. The van der Waals surface area contributed by atoms with E-state index in [0.717, 1.165) is 24.3 Å². The fraction of sp³-hybridized carbons (Fsp3) is 0.250. The van der Waals surface area contributed by atoms with Crippen molar-refractivity contribution in [1.29, 1.82) is 0 Å². The molecule has 0 aliphatic heterocycles. The number of benzene rings is 2. The molecule has 0 unspecified atom stereocenters. The van der Waals surface area contributed by atoms with E-state index in [9.17, 15) is 9.59 Å². The summed E-state index contributed by atoms with van der Waals surface area (Å²) in [4.78, 5) is 35.8. The molecule has 5 nitrogen and oxygen atoms in total. The van der Waals surface area contributed by atoms with Gasteiger partial charge in [-0.15, -0.1) is 0 Å². The molecule has 5 heteroatoms. The molecular weight excluding hydrogens is 314 g/mol. The highest BCUT2D eigenvalue weighted by atomic mass is 16.1. The maximum absolute atomic E-state index is 13.0. The van der Waals surface area contributed by atoms with Crippen LogP contribution < -0.4 is 0 Å². The van der Waals surface area contributed by atoms with Crippen molar-refractivity contribution in [2.45, 2.75) is 19.9 Å². The van der Waals surface area contributed by atoms with Crippen molar-refractivity contribution in [3.8, 4) is 0 Å². The van der Waals surface area contributed by atoms with E-state index in [-0.39, 0.29) is 11.6 Å². The summed E-state index contributed by atoms with van der Waals surface area (Å²) >= 11 is 0. The molecule has 2 aromatic carbocycles. The maximum atomic E-state index is 13.0. The van der Waals surface area contributed by atoms with Crippen molar-refractivity contribution in [1.82, 2.24) is 14.9 Å². The topological polar surface area (TPSA) is 66.1 Å². The maximum Gasteiger partial charge on any atom is 0.196 e. The van der Waals surface area contributed by atoms with Crippen molar-refractivity contribution in [2.24, 2.45) is 0 Å². The summed E-state index contributed by atoms with van der Waals surface area (Å²) in [5.41, 5.74) is 3.17. The molecule has 1 aromatic heterocycles. The number of carbonyl (C=O) groups is 2. The second-order valence-corrected chi connectivity index (χ2v) is 6.51. The highest BCUT2D eigenvalue weighted by Crippen LogP contribution is 2.31. The van der Waals surface area contributed by atoms with Gasteiger partial charge in [0.2, 0.25) is 0 Å². The molecule has 0 spiro atoms. The molecule has 4 rings (SSSR count). The normalized spacial score (nSPS) is 13.4. The molecule has 0 saturated heterocycles. The van der Waals surface area contributed by atoms with E-state index in [2.05, 4.69) is 21.8 Å². The van der Waals surface area contributed by atoms with Crippen LogP contribution in [0.2, 0.25) is 0 Å². The van der Waals surface area contributed by atoms with Gasteiger partial charge in [-0.05, 0) is 32.1 Å². The van der Waals surface area contributed by atoms with Crippen LogP contribution >= 0.6 is 0 Å². The van der Waals surface area contributed by atoms with Crippen LogP contribution in [0.25, 0.3) is 11.0 Å². The second-order valence-electron chi connectivity index (χ2n) is 6.51. The Morgan fingerprint density at radius 3 is 2.44 bits per heavy atom. The van der Waals surface area contributed by atoms with Crippen LogP contribution in [-0.4, -0.2) is 40.0 Å². The smallest absolute Gasteiger partial charge is 0.196 e. The largest absolute Gasteiger partial charge is 0.341 e. The lowest BCUT2D eigenvalue weighted by atomic mass is 9.83. The molecular formula is C20H19N3O2. The van der Waals surface area contributed by atoms with Crippen molar-refractivity contribution in [3.63, 3.8) is 0 Å². The van der Waals surface area contributed by atoms with Gasteiger partial charge in [-0.1, -0.05) is 31.2 Å². The van der Waals surface area contributed by atoms with Crippen molar-refractivity contribution < 1.29 is 9.59 Å². The van der Waals surface area contributed by atoms with E-state index in [1.54, 1.807) is 30.3 Å². The molecule has 1 aliphatic rings. The van der Waals surface area contributed by atoms with Crippen LogP contribution in [0.3, 0.4) is 0 Å².